The minimum absolute atomic E-state index is 0.0399. The van der Waals surface area contributed by atoms with Crippen LogP contribution in [0.5, 0.6) is 0 Å². The Hall–Kier alpha value is -3.34. The largest absolute Gasteiger partial charge is 0.459 e. The lowest BCUT2D eigenvalue weighted by Gasteiger charge is -2.49. The first-order valence-electron chi connectivity index (χ1n) is 24.6. The molecule has 19 nitrogen and oxygen atoms in total. The van der Waals surface area contributed by atoms with E-state index < -0.39 is 102 Å². The van der Waals surface area contributed by atoms with E-state index in [1.165, 1.54) is 14.0 Å². The lowest BCUT2D eigenvalue weighted by molar-refractivity contribution is -0.317. The Balaban J connectivity index is 1.43. The summed E-state index contributed by atoms with van der Waals surface area (Å²) >= 11 is 0. The van der Waals surface area contributed by atoms with E-state index in [0.29, 0.717) is 25.2 Å². The molecule has 0 aliphatic carbocycles. The van der Waals surface area contributed by atoms with Gasteiger partial charge in [0.2, 0.25) is 0 Å². The summed E-state index contributed by atoms with van der Waals surface area (Å²) in [6, 6.07) is 7.21. The van der Waals surface area contributed by atoms with Crippen molar-refractivity contribution in [2.45, 2.75) is 205 Å². The third-order valence-electron chi connectivity index (χ3n) is 14.8. The summed E-state index contributed by atoms with van der Waals surface area (Å²) in [6.45, 7) is 20.6. The lowest BCUT2D eigenvalue weighted by atomic mass is 9.77. The van der Waals surface area contributed by atoms with Crippen molar-refractivity contribution < 1.29 is 63.2 Å². The molecule has 3 saturated heterocycles. The molecule has 3 aliphatic heterocycles. The van der Waals surface area contributed by atoms with E-state index >= 15 is 0 Å². The van der Waals surface area contributed by atoms with Gasteiger partial charge in [0.25, 0.3) is 0 Å². The molecule has 3 aliphatic rings. The SMILES string of the molecule is CC[C@H]1OC(=O)[C@H](C)[C@@H](O[C@H]2C[C@@](C)(OC)[C@@H](OC(=O)NCc3cn(Cc4cccc(C)c4)nn3)[C@H](C)O2)[C@H](C)[C@@H](O[C@@H]2O[C@H](C)C[C@H](N(C)C)[C@H]2O)[C@](C)(O)C[C@@H](C)CN(C)[C@H](C)[C@@H](O)[C@]1(C)O. The molecule has 1 amide bonds. The number of amides is 1. The number of hydrogen-bond acceptors (Lipinski definition) is 17. The third-order valence-corrected chi connectivity index (χ3v) is 14.8. The lowest BCUT2D eigenvalue weighted by Crippen LogP contribution is -2.61. The van der Waals surface area contributed by atoms with Gasteiger partial charge in [0, 0.05) is 38.1 Å². The quantitative estimate of drug-likeness (QED) is 0.191. The van der Waals surface area contributed by atoms with Gasteiger partial charge in [-0.05, 0) is 107 Å². The highest BCUT2D eigenvalue weighted by Gasteiger charge is 2.54. The van der Waals surface area contributed by atoms with Crippen LogP contribution in [-0.2, 0) is 51.0 Å². The summed E-state index contributed by atoms with van der Waals surface area (Å²) in [4.78, 5) is 31.8. The number of ether oxygens (including phenoxy) is 7. The van der Waals surface area contributed by atoms with Crippen molar-refractivity contribution in [1.82, 2.24) is 30.1 Å². The maximum Gasteiger partial charge on any atom is 0.407 e. The zero-order chi connectivity index (χ0) is 51.3. The fourth-order valence-electron chi connectivity index (χ4n) is 10.8. The Bertz CT molecular complexity index is 1970. The molecule has 0 unspecified atom stereocenters. The third kappa shape index (κ3) is 13.8. The molecule has 5 rings (SSSR count). The molecule has 4 heterocycles. The van der Waals surface area contributed by atoms with Crippen LogP contribution in [0, 0.1) is 24.7 Å². The van der Waals surface area contributed by atoms with Gasteiger partial charge in [-0.15, -0.1) is 5.10 Å². The molecule has 19 heteroatoms. The van der Waals surface area contributed by atoms with Crippen LogP contribution < -0.4 is 5.32 Å². The van der Waals surface area contributed by atoms with Gasteiger partial charge in [0.1, 0.15) is 35.2 Å². The molecule has 2 aromatic rings. The molecule has 0 spiro atoms. The Morgan fingerprint density at radius 3 is 2.35 bits per heavy atom. The number of aliphatic hydroxyl groups excluding tert-OH is 2. The summed E-state index contributed by atoms with van der Waals surface area (Å²) in [6.07, 6.45) is -7.95. The van der Waals surface area contributed by atoms with Crippen LogP contribution in [0.15, 0.2) is 30.5 Å². The van der Waals surface area contributed by atoms with Crippen LogP contribution in [0.2, 0.25) is 0 Å². The van der Waals surface area contributed by atoms with Gasteiger partial charge in [0.05, 0.1) is 55.2 Å². The molecule has 3 fully saturated rings. The zero-order valence-electron chi connectivity index (χ0n) is 43.7. The number of esters is 1. The number of methoxy groups -OCH3 is 1. The predicted octanol–water partition coefficient (Wildman–Crippen LogP) is 3.78. The highest BCUT2D eigenvalue weighted by atomic mass is 16.7. The number of alkyl carbamates (subject to hydrolysis) is 1. The number of nitrogens with one attached hydrogen (secondary N) is 1. The number of likely N-dealkylation sites (N-methyl/N-ethyl adjacent to an activating group) is 2. The smallest absolute Gasteiger partial charge is 0.407 e. The highest BCUT2D eigenvalue weighted by molar-refractivity contribution is 5.73. The maximum atomic E-state index is 14.5. The van der Waals surface area contributed by atoms with Gasteiger partial charge >= 0.3 is 12.1 Å². The van der Waals surface area contributed by atoms with Crippen molar-refractivity contribution in [2.75, 3.05) is 34.8 Å². The molecule has 69 heavy (non-hydrogen) atoms. The number of cyclic esters (lactones) is 1. The van der Waals surface area contributed by atoms with Crippen LogP contribution in [0.4, 0.5) is 4.79 Å². The highest BCUT2D eigenvalue weighted by Crippen LogP contribution is 2.41. The fraction of sp³-hybridized carbons (Fsp3) is 0.800. The van der Waals surface area contributed by atoms with Gasteiger partial charge in [0.15, 0.2) is 18.7 Å². The Morgan fingerprint density at radius 2 is 1.71 bits per heavy atom. The molecular weight excluding hydrogens is 893 g/mol. The molecule has 1 aromatic carbocycles. The van der Waals surface area contributed by atoms with Crippen molar-refractivity contribution in [2.24, 2.45) is 17.8 Å². The van der Waals surface area contributed by atoms with E-state index in [1.54, 1.807) is 52.4 Å². The number of aromatic nitrogens is 3. The number of aryl methyl sites for hydroxylation is 1. The van der Waals surface area contributed by atoms with Crippen molar-refractivity contribution >= 4 is 12.1 Å². The summed E-state index contributed by atoms with van der Waals surface area (Å²) in [5.41, 5.74) is -1.89. The normalized spacial score (nSPS) is 40.1. The molecule has 18 atom stereocenters. The van der Waals surface area contributed by atoms with E-state index in [2.05, 4.69) is 21.7 Å². The van der Waals surface area contributed by atoms with E-state index in [1.807, 2.05) is 76.8 Å². The van der Waals surface area contributed by atoms with Crippen molar-refractivity contribution in [3.05, 3.63) is 47.3 Å². The van der Waals surface area contributed by atoms with Gasteiger partial charge in [-0.2, -0.15) is 0 Å². The average Bonchev–Trinajstić information content (AvgIpc) is 3.72. The first kappa shape index (κ1) is 56.6. The van der Waals surface area contributed by atoms with E-state index in [0.717, 1.165) is 11.1 Å². The molecule has 5 N–H and O–H groups in total. The summed E-state index contributed by atoms with van der Waals surface area (Å²) < 4.78 is 46.4. The van der Waals surface area contributed by atoms with Crippen LogP contribution >= 0.6 is 0 Å². The summed E-state index contributed by atoms with van der Waals surface area (Å²) in [5, 5.41) is 59.2. The van der Waals surface area contributed by atoms with Crippen molar-refractivity contribution in [1.29, 1.82) is 0 Å². The number of carbonyl (C=O) groups is 2. The van der Waals surface area contributed by atoms with Gasteiger partial charge in [-0.1, -0.05) is 55.8 Å². The van der Waals surface area contributed by atoms with E-state index in [9.17, 15) is 30.0 Å². The van der Waals surface area contributed by atoms with E-state index in [-0.39, 0.29) is 43.9 Å². The average molecular weight is 977 g/mol. The Morgan fingerprint density at radius 1 is 1.01 bits per heavy atom. The fourth-order valence-corrected chi connectivity index (χ4v) is 10.8. The second kappa shape index (κ2) is 23.5. The van der Waals surface area contributed by atoms with Crippen LogP contribution in [-0.4, -0.2) is 182 Å². The maximum absolute atomic E-state index is 14.5. The monoisotopic (exact) mass is 977 g/mol. The number of nitrogens with zero attached hydrogens (tertiary/aromatic N) is 5. The minimum atomic E-state index is -1.85. The number of aliphatic hydroxyl groups is 4. The molecule has 0 bridgehead atoms. The van der Waals surface area contributed by atoms with Crippen molar-refractivity contribution in [3.8, 4) is 0 Å². The molecule has 392 valence electrons. The van der Waals surface area contributed by atoms with Gasteiger partial charge < -0.3 is 68.7 Å². The van der Waals surface area contributed by atoms with E-state index in [4.69, 9.17) is 33.2 Å². The second-order valence-corrected chi connectivity index (χ2v) is 21.3. The number of carbonyl (C=O) groups excluding carboxylic acids is 2. The van der Waals surface area contributed by atoms with Crippen LogP contribution in [0.25, 0.3) is 0 Å². The Labute approximate surface area is 409 Å². The topological polar surface area (TPSA) is 229 Å². The van der Waals surface area contributed by atoms with Crippen molar-refractivity contribution in [3.63, 3.8) is 0 Å². The Kier molecular flexibility index (Phi) is 19.2. The minimum Gasteiger partial charge on any atom is -0.459 e. The summed E-state index contributed by atoms with van der Waals surface area (Å²) in [7, 11) is 7.10. The number of benzene rings is 1. The first-order valence-corrected chi connectivity index (χ1v) is 24.6. The molecule has 0 radical (unpaired) electrons. The molecule has 0 saturated carbocycles. The first-order chi connectivity index (χ1) is 32.2. The van der Waals surface area contributed by atoms with Crippen LogP contribution in [0.3, 0.4) is 0 Å². The number of rotatable bonds is 12. The predicted molar refractivity (Wildman–Crippen MR) is 256 cm³/mol. The summed E-state index contributed by atoms with van der Waals surface area (Å²) in [5.74, 6) is -2.82. The standard InChI is InChI=1S/C50H84N6O13/c1-16-38-50(11,62)42(58)33(7)55(14)25-29(3)22-48(9,61)43(68-46-40(57)37(54(12)13)21-30(4)64-46)31(5)41(32(6)45(59)66-38)67-39-23-49(10,63-15)44(34(8)65-39)69-47(60)51-24-36-27-56(53-52-36)26-35-19-17-18-28(2)20-35/h17-20,27,29-34,37-44,46,57-58,61-62H,16,21-26H2,1-15H3,(H,51,60)/t29-,30-,31+,32-,33-,34+,37+,38-,39+,40-,41+,42-,43-,44+,46+,48-,49-,50-/m1/s1. The molecular formula is C50H84N6O13. The number of hydrogen-bond donors (Lipinski definition) is 5. The van der Waals surface area contributed by atoms with Gasteiger partial charge in [-0.3, -0.25) is 4.79 Å². The molecule has 1 aromatic heterocycles. The second-order valence-electron chi connectivity index (χ2n) is 21.3. The van der Waals surface area contributed by atoms with Gasteiger partial charge in [-0.25, -0.2) is 9.48 Å². The van der Waals surface area contributed by atoms with Crippen LogP contribution in [0.1, 0.15) is 112 Å². The zero-order valence-corrected chi connectivity index (χ0v) is 43.7.